The van der Waals surface area contributed by atoms with Crippen molar-refractivity contribution in [2.24, 2.45) is 0 Å². The maximum Gasteiger partial charge on any atom is 0.193 e. The molecule has 0 N–H and O–H groups in total. The van der Waals surface area contributed by atoms with Gasteiger partial charge in [-0.15, -0.1) is 0 Å². The zero-order valence-corrected chi connectivity index (χ0v) is 14.7. The summed E-state index contributed by atoms with van der Waals surface area (Å²) in [6.07, 6.45) is 0. The molecule has 0 amide bonds. The van der Waals surface area contributed by atoms with Crippen LogP contribution in [0.4, 0.5) is 0 Å². The standard InChI is InChI=1S/C24H20O2/c1-17(2)16-26-24(18-10-4-3-5-11-18)21-14-8-6-12-19(21)23(25)20-13-7-9-15-22(20)24/h3-15H,1,16H2,2H3. The van der Waals surface area contributed by atoms with E-state index in [0.717, 1.165) is 22.3 Å². The molecule has 3 aromatic carbocycles. The van der Waals surface area contributed by atoms with Crippen molar-refractivity contribution >= 4 is 5.78 Å². The minimum Gasteiger partial charge on any atom is -0.356 e. The number of ether oxygens (including phenoxy) is 1. The highest BCUT2D eigenvalue weighted by Gasteiger charge is 2.45. The number of ketones is 1. The van der Waals surface area contributed by atoms with Crippen molar-refractivity contribution < 1.29 is 9.53 Å². The van der Waals surface area contributed by atoms with Gasteiger partial charge in [-0.3, -0.25) is 4.79 Å². The molecule has 3 aromatic rings. The van der Waals surface area contributed by atoms with Crippen LogP contribution in [0.15, 0.2) is 91.0 Å². The molecule has 0 saturated carbocycles. The normalized spacial score (nSPS) is 14.4. The van der Waals surface area contributed by atoms with E-state index in [0.29, 0.717) is 17.7 Å². The summed E-state index contributed by atoms with van der Waals surface area (Å²) in [4.78, 5) is 13.1. The minimum absolute atomic E-state index is 0.0432. The van der Waals surface area contributed by atoms with Gasteiger partial charge in [0, 0.05) is 22.3 Å². The van der Waals surface area contributed by atoms with Crippen molar-refractivity contribution in [1.82, 2.24) is 0 Å². The molecule has 0 bridgehead atoms. The summed E-state index contributed by atoms with van der Waals surface area (Å²) in [5, 5.41) is 0. The van der Waals surface area contributed by atoms with E-state index in [2.05, 4.69) is 18.7 Å². The molecule has 4 rings (SSSR count). The lowest BCUT2D eigenvalue weighted by atomic mass is 9.70. The highest BCUT2D eigenvalue weighted by Crippen LogP contribution is 2.47. The smallest absolute Gasteiger partial charge is 0.193 e. The third kappa shape index (κ3) is 2.42. The van der Waals surface area contributed by atoms with E-state index in [1.165, 1.54) is 0 Å². The summed E-state index contributed by atoms with van der Waals surface area (Å²) >= 11 is 0. The number of fused-ring (bicyclic) bond motifs is 2. The Morgan fingerprint density at radius 2 is 1.35 bits per heavy atom. The minimum atomic E-state index is -0.832. The molecule has 0 saturated heterocycles. The Morgan fingerprint density at radius 3 is 1.88 bits per heavy atom. The lowest BCUT2D eigenvalue weighted by molar-refractivity contribution is 0.0250. The first-order valence-electron chi connectivity index (χ1n) is 8.72. The van der Waals surface area contributed by atoms with Crippen LogP contribution >= 0.6 is 0 Å². The zero-order chi connectivity index (χ0) is 18.1. The van der Waals surface area contributed by atoms with Crippen LogP contribution in [0.2, 0.25) is 0 Å². The van der Waals surface area contributed by atoms with Crippen molar-refractivity contribution in [3.05, 3.63) is 119 Å². The fourth-order valence-electron chi connectivity index (χ4n) is 3.72. The van der Waals surface area contributed by atoms with Gasteiger partial charge in [0.25, 0.3) is 0 Å². The highest BCUT2D eigenvalue weighted by molar-refractivity contribution is 6.13. The topological polar surface area (TPSA) is 26.3 Å². The van der Waals surface area contributed by atoms with Gasteiger partial charge in [0.2, 0.25) is 0 Å². The Hall–Kier alpha value is -2.97. The molecule has 0 atom stereocenters. The van der Waals surface area contributed by atoms with Crippen LogP contribution in [0.5, 0.6) is 0 Å². The first-order valence-corrected chi connectivity index (χ1v) is 8.72. The summed E-state index contributed by atoms with van der Waals surface area (Å²) in [6.45, 7) is 6.36. The first-order chi connectivity index (χ1) is 12.6. The van der Waals surface area contributed by atoms with Gasteiger partial charge in [0.15, 0.2) is 5.78 Å². The van der Waals surface area contributed by atoms with Gasteiger partial charge >= 0.3 is 0 Å². The van der Waals surface area contributed by atoms with Gasteiger partial charge in [-0.25, -0.2) is 0 Å². The summed E-state index contributed by atoms with van der Waals surface area (Å²) in [7, 11) is 0. The molecular weight excluding hydrogens is 320 g/mol. The van der Waals surface area contributed by atoms with Gasteiger partial charge in [-0.05, 0) is 12.5 Å². The lowest BCUT2D eigenvalue weighted by Crippen LogP contribution is -2.39. The third-order valence-corrected chi connectivity index (χ3v) is 4.82. The zero-order valence-electron chi connectivity index (χ0n) is 14.7. The largest absolute Gasteiger partial charge is 0.356 e. The summed E-state index contributed by atoms with van der Waals surface area (Å²) in [6, 6.07) is 25.6. The van der Waals surface area contributed by atoms with Crippen LogP contribution in [-0.4, -0.2) is 12.4 Å². The molecule has 0 spiro atoms. The molecule has 1 aliphatic rings. The molecule has 0 heterocycles. The predicted molar refractivity (Wildman–Crippen MR) is 103 cm³/mol. The van der Waals surface area contributed by atoms with E-state index in [4.69, 9.17) is 4.74 Å². The maximum atomic E-state index is 13.1. The fourth-order valence-corrected chi connectivity index (χ4v) is 3.72. The number of hydrogen-bond acceptors (Lipinski definition) is 2. The molecule has 2 heteroatoms. The average Bonchev–Trinajstić information content (AvgIpc) is 2.69. The van der Waals surface area contributed by atoms with Crippen molar-refractivity contribution in [3.8, 4) is 0 Å². The predicted octanol–water partition coefficient (Wildman–Crippen LogP) is 5.12. The van der Waals surface area contributed by atoms with Crippen LogP contribution in [0.1, 0.15) is 39.5 Å². The Bertz CT molecular complexity index is 936. The molecule has 0 aromatic heterocycles. The van der Waals surface area contributed by atoms with E-state index < -0.39 is 5.60 Å². The molecular formula is C24H20O2. The number of carbonyl (C=O) groups is 1. The number of hydrogen-bond donors (Lipinski definition) is 0. The fraction of sp³-hybridized carbons (Fsp3) is 0.125. The van der Waals surface area contributed by atoms with Crippen molar-refractivity contribution in [2.75, 3.05) is 6.61 Å². The van der Waals surface area contributed by atoms with E-state index >= 15 is 0 Å². The van der Waals surface area contributed by atoms with Crippen LogP contribution in [0, 0.1) is 0 Å². The van der Waals surface area contributed by atoms with Crippen molar-refractivity contribution in [1.29, 1.82) is 0 Å². The molecule has 0 unspecified atom stereocenters. The van der Waals surface area contributed by atoms with Gasteiger partial charge < -0.3 is 4.74 Å². The van der Waals surface area contributed by atoms with Crippen LogP contribution in [0.25, 0.3) is 0 Å². The Labute approximate surface area is 153 Å². The number of rotatable bonds is 4. The second kappa shape index (κ2) is 6.40. The van der Waals surface area contributed by atoms with Gasteiger partial charge in [0.05, 0.1) is 6.61 Å². The quantitative estimate of drug-likeness (QED) is 0.617. The Morgan fingerprint density at radius 1 is 0.846 bits per heavy atom. The van der Waals surface area contributed by atoms with Crippen LogP contribution in [0.3, 0.4) is 0 Å². The van der Waals surface area contributed by atoms with Gasteiger partial charge in [-0.1, -0.05) is 91.0 Å². The molecule has 0 fully saturated rings. The Balaban J connectivity index is 2.09. The maximum absolute atomic E-state index is 13.1. The van der Waals surface area contributed by atoms with Gasteiger partial charge in [0.1, 0.15) is 5.60 Å². The first kappa shape index (κ1) is 16.5. The summed E-state index contributed by atoms with van der Waals surface area (Å²) in [5.74, 6) is 0.0432. The van der Waals surface area contributed by atoms with E-state index in [1.807, 2.05) is 73.7 Å². The van der Waals surface area contributed by atoms with E-state index in [9.17, 15) is 4.79 Å². The second-order valence-corrected chi connectivity index (χ2v) is 6.71. The Kier molecular flexibility index (Phi) is 4.06. The highest BCUT2D eigenvalue weighted by atomic mass is 16.5. The molecule has 26 heavy (non-hydrogen) atoms. The molecule has 2 nitrogen and oxygen atoms in total. The molecule has 128 valence electrons. The molecule has 1 aliphatic carbocycles. The second-order valence-electron chi connectivity index (χ2n) is 6.71. The monoisotopic (exact) mass is 340 g/mol. The van der Waals surface area contributed by atoms with Gasteiger partial charge in [-0.2, -0.15) is 0 Å². The third-order valence-electron chi connectivity index (χ3n) is 4.82. The SMILES string of the molecule is C=C(C)COC1(c2ccccc2)c2ccccc2C(=O)c2ccccc21. The van der Waals surface area contributed by atoms with E-state index in [1.54, 1.807) is 0 Å². The average molecular weight is 340 g/mol. The number of benzene rings is 3. The molecule has 0 aliphatic heterocycles. The van der Waals surface area contributed by atoms with Crippen molar-refractivity contribution in [2.45, 2.75) is 12.5 Å². The van der Waals surface area contributed by atoms with Crippen molar-refractivity contribution in [3.63, 3.8) is 0 Å². The van der Waals surface area contributed by atoms with Crippen LogP contribution < -0.4 is 0 Å². The van der Waals surface area contributed by atoms with E-state index in [-0.39, 0.29) is 5.78 Å². The lowest BCUT2D eigenvalue weighted by Gasteiger charge is -2.40. The van der Waals surface area contributed by atoms with Crippen LogP contribution in [-0.2, 0) is 10.3 Å². The molecule has 0 radical (unpaired) electrons. The summed E-state index contributed by atoms with van der Waals surface area (Å²) in [5.41, 5.74) is 4.27. The summed E-state index contributed by atoms with van der Waals surface area (Å²) < 4.78 is 6.57. The number of carbonyl (C=O) groups excluding carboxylic acids is 1.